The van der Waals surface area contributed by atoms with Crippen LogP contribution in [0, 0.1) is 5.92 Å². The van der Waals surface area contributed by atoms with Gasteiger partial charge in [0.15, 0.2) is 0 Å². The highest BCUT2D eigenvalue weighted by Crippen LogP contribution is 2.26. The molecule has 0 bridgehead atoms. The van der Waals surface area contributed by atoms with Crippen molar-refractivity contribution >= 4 is 11.0 Å². The number of benzene rings is 1. The molecule has 0 spiro atoms. The second-order valence-electron chi connectivity index (χ2n) is 5.44. The van der Waals surface area contributed by atoms with E-state index >= 15 is 0 Å². The van der Waals surface area contributed by atoms with Crippen LogP contribution < -0.4 is 5.32 Å². The van der Waals surface area contributed by atoms with Gasteiger partial charge in [0.25, 0.3) is 0 Å². The minimum absolute atomic E-state index is 0.322. The molecule has 3 heteroatoms. The lowest BCUT2D eigenvalue weighted by molar-refractivity contribution is 0.290. The Morgan fingerprint density at radius 2 is 2.17 bits per heavy atom. The smallest absolute Gasteiger partial charge is 0.126 e. The molecule has 1 fully saturated rings. The average molecular weight is 243 g/mol. The maximum Gasteiger partial charge on any atom is 0.126 e. The minimum atomic E-state index is 0.322. The molecule has 2 aromatic rings. The normalized spacial score (nSPS) is 17.9. The van der Waals surface area contributed by atoms with Crippen LogP contribution in [-0.2, 0) is 7.05 Å². The van der Waals surface area contributed by atoms with E-state index in [1.807, 2.05) is 6.07 Å². The van der Waals surface area contributed by atoms with E-state index in [-0.39, 0.29) is 0 Å². The van der Waals surface area contributed by atoms with Gasteiger partial charge < -0.3 is 9.88 Å². The lowest BCUT2D eigenvalue weighted by Gasteiger charge is -2.27. The molecular formula is C15H21N3. The summed E-state index contributed by atoms with van der Waals surface area (Å²) in [7, 11) is 2.10. The SMILES string of the molecule is CC(NCC1CCC1)c1nc2ccccc2n1C. The summed E-state index contributed by atoms with van der Waals surface area (Å²) >= 11 is 0. The third-order valence-electron chi connectivity index (χ3n) is 4.15. The van der Waals surface area contributed by atoms with Crippen LogP contribution in [0.15, 0.2) is 24.3 Å². The lowest BCUT2D eigenvalue weighted by atomic mass is 9.85. The number of aryl methyl sites for hydroxylation is 1. The highest BCUT2D eigenvalue weighted by molar-refractivity contribution is 5.75. The van der Waals surface area contributed by atoms with Gasteiger partial charge in [0.1, 0.15) is 5.82 Å². The molecule has 18 heavy (non-hydrogen) atoms. The molecule has 0 saturated heterocycles. The summed E-state index contributed by atoms with van der Waals surface area (Å²) in [6.45, 7) is 3.34. The van der Waals surface area contributed by atoms with Gasteiger partial charge in [0.05, 0.1) is 17.1 Å². The van der Waals surface area contributed by atoms with Crippen molar-refractivity contribution in [3.8, 4) is 0 Å². The van der Waals surface area contributed by atoms with E-state index in [4.69, 9.17) is 4.98 Å². The van der Waals surface area contributed by atoms with E-state index < -0.39 is 0 Å². The molecule has 96 valence electrons. The summed E-state index contributed by atoms with van der Waals surface area (Å²) in [5.41, 5.74) is 2.30. The molecule has 1 aliphatic rings. The van der Waals surface area contributed by atoms with E-state index in [1.54, 1.807) is 0 Å². The van der Waals surface area contributed by atoms with Crippen LogP contribution in [0.25, 0.3) is 11.0 Å². The summed E-state index contributed by atoms with van der Waals surface area (Å²) < 4.78 is 2.20. The summed E-state index contributed by atoms with van der Waals surface area (Å²) in [5, 5.41) is 3.62. The van der Waals surface area contributed by atoms with Gasteiger partial charge in [-0.1, -0.05) is 18.6 Å². The van der Waals surface area contributed by atoms with Gasteiger partial charge in [-0.25, -0.2) is 4.98 Å². The standard InChI is InChI=1S/C15H21N3/c1-11(16-10-12-6-5-7-12)15-17-13-8-3-4-9-14(13)18(15)2/h3-4,8-9,11-12,16H,5-7,10H2,1-2H3. The van der Waals surface area contributed by atoms with Gasteiger partial charge >= 0.3 is 0 Å². The van der Waals surface area contributed by atoms with Crippen LogP contribution in [0.4, 0.5) is 0 Å². The predicted octanol–water partition coefficient (Wildman–Crippen LogP) is 3.02. The zero-order valence-electron chi connectivity index (χ0n) is 11.2. The van der Waals surface area contributed by atoms with E-state index in [0.717, 1.165) is 23.8 Å². The summed E-state index contributed by atoms with van der Waals surface area (Å²) in [6.07, 6.45) is 4.19. The fourth-order valence-electron chi connectivity index (χ4n) is 2.68. The predicted molar refractivity (Wildman–Crippen MR) is 74.5 cm³/mol. The number of hydrogen-bond donors (Lipinski definition) is 1. The van der Waals surface area contributed by atoms with Crippen LogP contribution in [0.3, 0.4) is 0 Å². The molecule has 0 amide bonds. The third-order valence-corrected chi connectivity index (χ3v) is 4.15. The number of hydrogen-bond acceptors (Lipinski definition) is 2. The number of nitrogens with one attached hydrogen (secondary N) is 1. The largest absolute Gasteiger partial charge is 0.330 e. The van der Waals surface area contributed by atoms with Gasteiger partial charge in [0.2, 0.25) is 0 Å². The molecule has 1 aromatic carbocycles. The van der Waals surface area contributed by atoms with Crippen molar-refractivity contribution in [1.29, 1.82) is 0 Å². The first-order valence-corrected chi connectivity index (χ1v) is 6.90. The molecule has 3 nitrogen and oxygen atoms in total. The molecule has 0 aliphatic heterocycles. The van der Waals surface area contributed by atoms with E-state index in [9.17, 15) is 0 Å². The van der Waals surface area contributed by atoms with Crippen molar-refractivity contribution in [2.24, 2.45) is 13.0 Å². The summed E-state index contributed by atoms with van der Waals surface area (Å²) in [6, 6.07) is 8.65. The minimum Gasteiger partial charge on any atom is -0.330 e. The van der Waals surface area contributed by atoms with Gasteiger partial charge in [-0.2, -0.15) is 0 Å². The highest BCUT2D eigenvalue weighted by atomic mass is 15.1. The molecule has 1 unspecified atom stereocenters. The molecule has 0 radical (unpaired) electrons. The van der Waals surface area contributed by atoms with Gasteiger partial charge in [-0.05, 0) is 44.4 Å². The van der Waals surface area contributed by atoms with Crippen molar-refractivity contribution in [1.82, 2.24) is 14.9 Å². The van der Waals surface area contributed by atoms with Crippen LogP contribution in [0.5, 0.6) is 0 Å². The Balaban J connectivity index is 1.77. The van der Waals surface area contributed by atoms with E-state index in [0.29, 0.717) is 6.04 Å². The Labute approximate surface area is 108 Å². The van der Waals surface area contributed by atoms with Crippen LogP contribution in [0.2, 0.25) is 0 Å². The number of rotatable bonds is 4. The molecule has 1 heterocycles. The first kappa shape index (κ1) is 11.7. The molecule has 3 rings (SSSR count). The van der Waals surface area contributed by atoms with Crippen LogP contribution >= 0.6 is 0 Å². The van der Waals surface area contributed by atoms with Crippen LogP contribution in [0.1, 0.15) is 38.1 Å². The van der Waals surface area contributed by atoms with E-state index in [1.165, 1.54) is 24.8 Å². The number of para-hydroxylation sites is 2. The molecule has 1 aromatic heterocycles. The fraction of sp³-hybridized carbons (Fsp3) is 0.533. The monoisotopic (exact) mass is 243 g/mol. The number of imidazole rings is 1. The molecule has 1 saturated carbocycles. The summed E-state index contributed by atoms with van der Waals surface area (Å²) in [5.74, 6) is 2.03. The molecule has 1 atom stereocenters. The Kier molecular flexibility index (Phi) is 3.08. The molecule has 1 N–H and O–H groups in total. The first-order valence-electron chi connectivity index (χ1n) is 6.90. The highest BCUT2D eigenvalue weighted by Gasteiger charge is 2.19. The van der Waals surface area contributed by atoms with Gasteiger partial charge in [0, 0.05) is 7.05 Å². The summed E-state index contributed by atoms with van der Waals surface area (Å²) in [4.78, 5) is 4.73. The zero-order chi connectivity index (χ0) is 12.5. The molecular weight excluding hydrogens is 222 g/mol. The quantitative estimate of drug-likeness (QED) is 0.894. The Hall–Kier alpha value is -1.35. The van der Waals surface area contributed by atoms with Crippen molar-refractivity contribution in [2.75, 3.05) is 6.54 Å². The second kappa shape index (κ2) is 4.73. The van der Waals surface area contributed by atoms with Crippen molar-refractivity contribution in [3.63, 3.8) is 0 Å². The maximum absolute atomic E-state index is 4.73. The van der Waals surface area contributed by atoms with Gasteiger partial charge in [-0.15, -0.1) is 0 Å². The first-order chi connectivity index (χ1) is 8.75. The third kappa shape index (κ3) is 2.03. The Bertz CT molecular complexity index is 540. The number of fused-ring (bicyclic) bond motifs is 1. The Morgan fingerprint density at radius 3 is 2.83 bits per heavy atom. The van der Waals surface area contributed by atoms with Gasteiger partial charge in [-0.3, -0.25) is 0 Å². The average Bonchev–Trinajstić information content (AvgIpc) is 2.65. The second-order valence-corrected chi connectivity index (χ2v) is 5.44. The molecule has 1 aliphatic carbocycles. The maximum atomic E-state index is 4.73. The van der Waals surface area contributed by atoms with Crippen molar-refractivity contribution in [2.45, 2.75) is 32.2 Å². The van der Waals surface area contributed by atoms with E-state index in [2.05, 4.69) is 42.1 Å². The topological polar surface area (TPSA) is 29.9 Å². The van der Waals surface area contributed by atoms with Crippen LogP contribution in [-0.4, -0.2) is 16.1 Å². The fourth-order valence-corrected chi connectivity index (χ4v) is 2.68. The Morgan fingerprint density at radius 1 is 1.39 bits per heavy atom. The lowest BCUT2D eigenvalue weighted by Crippen LogP contribution is -2.30. The van der Waals surface area contributed by atoms with Crippen molar-refractivity contribution in [3.05, 3.63) is 30.1 Å². The number of aromatic nitrogens is 2. The van der Waals surface area contributed by atoms with Crippen molar-refractivity contribution < 1.29 is 0 Å². The number of nitrogens with zero attached hydrogens (tertiary/aromatic N) is 2. The zero-order valence-corrected chi connectivity index (χ0v) is 11.2.